The third-order valence-corrected chi connectivity index (χ3v) is 6.46. The second-order valence-corrected chi connectivity index (χ2v) is 8.40. The lowest BCUT2D eigenvalue weighted by molar-refractivity contribution is 0.666. The van der Waals surface area contributed by atoms with Crippen LogP contribution >= 0.6 is 11.6 Å². The van der Waals surface area contributed by atoms with E-state index in [4.69, 9.17) is 16.0 Å². The van der Waals surface area contributed by atoms with E-state index < -0.39 is 0 Å². The van der Waals surface area contributed by atoms with Gasteiger partial charge in [-0.05, 0) is 47.2 Å². The molecule has 7 aromatic rings. The van der Waals surface area contributed by atoms with Gasteiger partial charge in [-0.3, -0.25) is 0 Å². The fourth-order valence-corrected chi connectivity index (χ4v) is 5.01. The molecule has 0 amide bonds. The first-order valence-corrected chi connectivity index (χ1v) is 10.7. The topological polar surface area (TPSA) is 18.1 Å². The predicted molar refractivity (Wildman–Crippen MR) is 131 cm³/mol. The van der Waals surface area contributed by atoms with Gasteiger partial charge in [0.05, 0.1) is 16.7 Å². The average Bonchev–Trinajstić information content (AvgIpc) is 3.32. The quantitative estimate of drug-likeness (QED) is 0.262. The first kappa shape index (κ1) is 17.0. The smallest absolute Gasteiger partial charge is 0.159 e. The van der Waals surface area contributed by atoms with Crippen LogP contribution in [0.25, 0.3) is 60.2 Å². The Morgan fingerprint density at radius 2 is 1.35 bits per heavy atom. The molecule has 3 heteroatoms. The number of hydrogen-bond acceptors (Lipinski definition) is 1. The van der Waals surface area contributed by atoms with Crippen LogP contribution in [-0.2, 0) is 0 Å². The summed E-state index contributed by atoms with van der Waals surface area (Å²) in [4.78, 5) is 0. The number of fused-ring (bicyclic) bond motifs is 7. The largest absolute Gasteiger partial charge is 0.454 e. The molecule has 31 heavy (non-hydrogen) atoms. The molecule has 0 N–H and O–H groups in total. The van der Waals surface area contributed by atoms with E-state index in [2.05, 4.69) is 83.4 Å². The van der Waals surface area contributed by atoms with Gasteiger partial charge in [-0.25, -0.2) is 0 Å². The Kier molecular flexibility index (Phi) is 3.36. The molecule has 0 fully saturated rings. The highest BCUT2D eigenvalue weighted by Gasteiger charge is 2.17. The van der Waals surface area contributed by atoms with Crippen molar-refractivity contribution < 1.29 is 4.42 Å². The van der Waals surface area contributed by atoms with Gasteiger partial charge in [0.15, 0.2) is 5.58 Å². The van der Waals surface area contributed by atoms with Crippen LogP contribution in [0.2, 0.25) is 5.02 Å². The molecule has 146 valence electrons. The number of nitrogens with zero attached hydrogens (tertiary/aromatic N) is 1. The Labute approximate surface area is 182 Å². The molecule has 0 aliphatic rings. The van der Waals surface area contributed by atoms with Gasteiger partial charge in [0, 0.05) is 32.6 Å². The van der Waals surface area contributed by atoms with E-state index in [9.17, 15) is 0 Å². The molecule has 2 heterocycles. The van der Waals surface area contributed by atoms with Crippen molar-refractivity contribution in [2.45, 2.75) is 0 Å². The molecule has 0 aliphatic carbocycles. The summed E-state index contributed by atoms with van der Waals surface area (Å²) in [6.45, 7) is 0. The van der Waals surface area contributed by atoms with Crippen molar-refractivity contribution in [1.82, 2.24) is 4.57 Å². The molecular formula is C28H16ClNO. The van der Waals surface area contributed by atoms with Gasteiger partial charge in [0.1, 0.15) is 5.58 Å². The summed E-state index contributed by atoms with van der Waals surface area (Å²) in [6, 6.07) is 33.8. The van der Waals surface area contributed by atoms with Crippen LogP contribution < -0.4 is 0 Å². The molecule has 0 saturated heterocycles. The number of rotatable bonds is 1. The van der Waals surface area contributed by atoms with Crippen molar-refractivity contribution in [3.8, 4) is 5.69 Å². The highest BCUT2D eigenvalue weighted by atomic mass is 35.5. The van der Waals surface area contributed by atoms with Gasteiger partial charge >= 0.3 is 0 Å². The molecule has 2 nitrogen and oxygen atoms in total. The van der Waals surface area contributed by atoms with Crippen LogP contribution in [0.5, 0.6) is 0 Å². The first-order valence-electron chi connectivity index (χ1n) is 10.3. The van der Waals surface area contributed by atoms with Gasteiger partial charge in [-0.1, -0.05) is 66.2 Å². The van der Waals surface area contributed by atoms with E-state index >= 15 is 0 Å². The molecule has 7 rings (SSSR count). The summed E-state index contributed by atoms with van der Waals surface area (Å²) >= 11 is 6.23. The maximum atomic E-state index is 6.37. The number of hydrogen-bond donors (Lipinski definition) is 0. The van der Waals surface area contributed by atoms with Crippen LogP contribution in [0.1, 0.15) is 0 Å². The lowest BCUT2D eigenvalue weighted by Gasteiger charge is -2.09. The minimum Gasteiger partial charge on any atom is -0.454 e. The van der Waals surface area contributed by atoms with Crippen LogP contribution in [0.15, 0.2) is 101 Å². The lowest BCUT2D eigenvalue weighted by Crippen LogP contribution is -1.94. The minimum atomic E-state index is 0.677. The van der Waals surface area contributed by atoms with Crippen molar-refractivity contribution in [3.05, 3.63) is 102 Å². The Morgan fingerprint density at radius 3 is 2.26 bits per heavy atom. The van der Waals surface area contributed by atoms with Gasteiger partial charge in [0.2, 0.25) is 0 Å². The highest BCUT2D eigenvalue weighted by molar-refractivity contribution is 6.31. The molecule has 0 atom stereocenters. The number of aromatic nitrogens is 1. The monoisotopic (exact) mass is 417 g/mol. The second kappa shape index (κ2) is 6.13. The van der Waals surface area contributed by atoms with Gasteiger partial charge in [0.25, 0.3) is 0 Å². The highest BCUT2D eigenvalue weighted by Crippen LogP contribution is 2.39. The van der Waals surface area contributed by atoms with E-state index in [1.165, 1.54) is 32.6 Å². The summed E-state index contributed by atoms with van der Waals surface area (Å²) in [5, 5.41) is 7.79. The number of para-hydroxylation sites is 2. The molecule has 5 aromatic carbocycles. The first-order chi connectivity index (χ1) is 15.3. The van der Waals surface area contributed by atoms with Crippen LogP contribution in [0.4, 0.5) is 0 Å². The number of furan rings is 1. The minimum absolute atomic E-state index is 0.677. The third kappa shape index (κ3) is 2.34. The zero-order valence-electron chi connectivity index (χ0n) is 16.5. The summed E-state index contributed by atoms with van der Waals surface area (Å²) in [7, 11) is 0. The van der Waals surface area contributed by atoms with Crippen molar-refractivity contribution >= 4 is 66.1 Å². The molecule has 0 radical (unpaired) electrons. The average molecular weight is 418 g/mol. The van der Waals surface area contributed by atoms with Crippen molar-refractivity contribution in [2.75, 3.05) is 0 Å². The zero-order chi connectivity index (χ0) is 20.5. The fourth-order valence-electron chi connectivity index (χ4n) is 4.85. The van der Waals surface area contributed by atoms with Crippen LogP contribution in [0, 0.1) is 0 Å². The van der Waals surface area contributed by atoms with Crippen molar-refractivity contribution in [1.29, 1.82) is 0 Å². The number of halogens is 1. The Balaban J connectivity index is 1.68. The van der Waals surface area contributed by atoms with Crippen molar-refractivity contribution in [2.24, 2.45) is 0 Å². The van der Waals surface area contributed by atoms with Crippen LogP contribution in [-0.4, -0.2) is 4.57 Å². The number of benzene rings is 5. The predicted octanol–water partition coefficient (Wildman–Crippen LogP) is 8.49. The lowest BCUT2D eigenvalue weighted by atomic mass is 10.1. The fraction of sp³-hybridized carbons (Fsp3) is 0. The molecular weight excluding hydrogens is 402 g/mol. The van der Waals surface area contributed by atoms with E-state index in [1.54, 1.807) is 0 Å². The molecule has 0 spiro atoms. The maximum absolute atomic E-state index is 6.37. The summed E-state index contributed by atoms with van der Waals surface area (Å²) in [5.74, 6) is 0. The van der Waals surface area contributed by atoms with Crippen LogP contribution in [0.3, 0.4) is 0 Å². The van der Waals surface area contributed by atoms with Gasteiger partial charge < -0.3 is 8.98 Å². The second-order valence-electron chi connectivity index (χ2n) is 7.97. The standard InChI is InChI=1S/C28H16ClNO/c29-19-12-13-21-22-9-5-11-25(28(22)31-27(21)16-19)30-24-10-4-3-8-20(24)23-14-17-6-1-2-7-18(17)15-26(23)30/h1-16H. The third-order valence-electron chi connectivity index (χ3n) is 6.22. The molecule has 0 unspecified atom stereocenters. The Morgan fingerprint density at radius 1 is 0.581 bits per heavy atom. The molecule has 0 aliphatic heterocycles. The zero-order valence-corrected chi connectivity index (χ0v) is 17.2. The Bertz CT molecular complexity index is 1810. The van der Waals surface area contributed by atoms with E-state index in [0.717, 1.165) is 27.6 Å². The normalized spacial score (nSPS) is 12.0. The van der Waals surface area contributed by atoms with Gasteiger partial charge in [-0.2, -0.15) is 0 Å². The van der Waals surface area contributed by atoms with E-state index in [0.29, 0.717) is 5.02 Å². The summed E-state index contributed by atoms with van der Waals surface area (Å²) in [5.41, 5.74) is 5.05. The van der Waals surface area contributed by atoms with E-state index in [-0.39, 0.29) is 0 Å². The summed E-state index contributed by atoms with van der Waals surface area (Å²) < 4.78 is 8.69. The van der Waals surface area contributed by atoms with Crippen molar-refractivity contribution in [3.63, 3.8) is 0 Å². The Hall–Kier alpha value is -3.75. The maximum Gasteiger partial charge on any atom is 0.159 e. The molecule has 0 bridgehead atoms. The van der Waals surface area contributed by atoms with Gasteiger partial charge in [-0.15, -0.1) is 0 Å². The molecule has 0 saturated carbocycles. The van der Waals surface area contributed by atoms with E-state index in [1.807, 2.05) is 18.2 Å². The SMILES string of the molecule is Clc1ccc2c(c1)oc1c(-n3c4ccccc4c4cc5ccccc5cc43)cccc12. The summed E-state index contributed by atoms with van der Waals surface area (Å²) in [6.07, 6.45) is 0. The molecule has 2 aromatic heterocycles.